The first kappa shape index (κ1) is 26.9. The van der Waals surface area contributed by atoms with Crippen LogP contribution in [0.2, 0.25) is 0 Å². The zero-order valence-corrected chi connectivity index (χ0v) is 19.9. The van der Waals surface area contributed by atoms with E-state index >= 15 is 8.78 Å². The van der Waals surface area contributed by atoms with E-state index in [4.69, 9.17) is 14.6 Å². The summed E-state index contributed by atoms with van der Waals surface area (Å²) in [4.78, 5) is 27.0. The SMILES string of the molecule is CCc1ccc(CN2C[C@]3(F)CN(Cc4cccc(OC)c4)C(=O)[C@]3(F)C2)s1.O=C(O)C(F)(F)F. The number of carbonyl (C=O) groups is 2. The first-order chi connectivity index (χ1) is 16.3. The highest BCUT2D eigenvalue weighted by molar-refractivity contribution is 7.11. The Bertz CT molecular complexity index is 1080. The number of methoxy groups -OCH3 is 1. The van der Waals surface area contributed by atoms with Gasteiger partial charge in [0.25, 0.3) is 5.91 Å². The molecular formula is C23H25F5N2O4S. The Hall–Kier alpha value is -2.73. The van der Waals surface area contributed by atoms with E-state index in [1.54, 1.807) is 41.5 Å². The zero-order chi connectivity index (χ0) is 26.0. The number of aliphatic carboxylic acids is 1. The molecule has 0 aliphatic carbocycles. The molecule has 4 rings (SSSR count). The zero-order valence-electron chi connectivity index (χ0n) is 19.1. The van der Waals surface area contributed by atoms with Crippen molar-refractivity contribution in [1.82, 2.24) is 9.80 Å². The van der Waals surface area contributed by atoms with Gasteiger partial charge < -0.3 is 14.7 Å². The van der Waals surface area contributed by atoms with Gasteiger partial charge in [0.1, 0.15) is 5.75 Å². The fraction of sp³-hybridized carbons (Fsp3) is 0.478. The number of aryl methyl sites for hydroxylation is 1. The molecule has 2 fully saturated rings. The Labute approximate surface area is 202 Å². The third-order valence-corrected chi connectivity index (χ3v) is 7.10. The lowest BCUT2D eigenvalue weighted by atomic mass is 9.93. The van der Waals surface area contributed by atoms with Crippen molar-refractivity contribution in [3.8, 4) is 5.75 Å². The second-order valence-corrected chi connectivity index (χ2v) is 9.70. The summed E-state index contributed by atoms with van der Waals surface area (Å²) in [7, 11) is 1.56. The third kappa shape index (κ3) is 5.75. The highest BCUT2D eigenvalue weighted by Crippen LogP contribution is 2.46. The summed E-state index contributed by atoms with van der Waals surface area (Å²) < 4.78 is 68.0. The molecule has 2 aliphatic heterocycles. The number of hydrogen-bond acceptors (Lipinski definition) is 5. The number of rotatable bonds is 6. The molecule has 2 saturated heterocycles. The molecule has 0 radical (unpaired) electrons. The molecule has 1 aromatic carbocycles. The summed E-state index contributed by atoms with van der Waals surface area (Å²) >= 11 is 1.66. The number of alkyl halides is 5. The molecule has 12 heteroatoms. The van der Waals surface area contributed by atoms with Crippen LogP contribution in [0.4, 0.5) is 22.0 Å². The predicted octanol–water partition coefficient (Wildman–Crippen LogP) is 4.23. The van der Waals surface area contributed by atoms with E-state index < -0.39 is 29.4 Å². The second kappa shape index (κ2) is 10.1. The predicted molar refractivity (Wildman–Crippen MR) is 119 cm³/mol. The lowest BCUT2D eigenvalue weighted by Gasteiger charge is -2.22. The molecule has 192 valence electrons. The average Bonchev–Trinajstić information content (AvgIpc) is 3.39. The van der Waals surface area contributed by atoms with E-state index in [1.165, 1.54) is 9.78 Å². The summed E-state index contributed by atoms with van der Waals surface area (Å²) in [6, 6.07) is 11.3. The number of amides is 1. The number of carboxylic acids is 1. The Morgan fingerprint density at radius 3 is 2.31 bits per heavy atom. The van der Waals surface area contributed by atoms with Crippen LogP contribution in [0.3, 0.4) is 0 Å². The lowest BCUT2D eigenvalue weighted by molar-refractivity contribution is -0.192. The summed E-state index contributed by atoms with van der Waals surface area (Å²) in [5.74, 6) is -2.85. The van der Waals surface area contributed by atoms with Crippen molar-refractivity contribution >= 4 is 23.2 Å². The van der Waals surface area contributed by atoms with Crippen LogP contribution in [-0.2, 0) is 29.1 Å². The van der Waals surface area contributed by atoms with Gasteiger partial charge in [0.2, 0.25) is 5.67 Å². The molecule has 1 amide bonds. The molecule has 6 nitrogen and oxygen atoms in total. The number of benzene rings is 1. The Kier molecular flexibility index (Phi) is 7.75. The van der Waals surface area contributed by atoms with Crippen molar-refractivity contribution in [1.29, 1.82) is 0 Å². The molecule has 2 aliphatic rings. The number of thiophene rings is 1. The van der Waals surface area contributed by atoms with Gasteiger partial charge in [-0.2, -0.15) is 13.2 Å². The molecule has 2 atom stereocenters. The van der Waals surface area contributed by atoms with Gasteiger partial charge in [-0.1, -0.05) is 19.1 Å². The highest BCUT2D eigenvalue weighted by Gasteiger charge is 2.70. The number of carbonyl (C=O) groups excluding carboxylic acids is 1. The van der Waals surface area contributed by atoms with Crippen LogP contribution in [0, 0.1) is 0 Å². The van der Waals surface area contributed by atoms with Gasteiger partial charge in [-0.15, -0.1) is 11.3 Å². The van der Waals surface area contributed by atoms with Crippen LogP contribution >= 0.6 is 11.3 Å². The van der Waals surface area contributed by atoms with E-state index in [9.17, 15) is 18.0 Å². The Balaban J connectivity index is 0.000000429. The highest BCUT2D eigenvalue weighted by atomic mass is 32.1. The number of likely N-dealkylation sites (tertiary alicyclic amines) is 2. The van der Waals surface area contributed by atoms with Crippen molar-refractivity contribution in [2.24, 2.45) is 0 Å². The third-order valence-electron chi connectivity index (χ3n) is 5.89. The molecule has 0 unspecified atom stereocenters. The minimum Gasteiger partial charge on any atom is -0.497 e. The topological polar surface area (TPSA) is 70.1 Å². The van der Waals surface area contributed by atoms with Crippen molar-refractivity contribution in [3.05, 3.63) is 51.7 Å². The fourth-order valence-corrected chi connectivity index (χ4v) is 5.19. The summed E-state index contributed by atoms with van der Waals surface area (Å²) in [6.45, 7) is 2.25. The van der Waals surface area contributed by atoms with Crippen molar-refractivity contribution in [2.45, 2.75) is 43.9 Å². The maximum absolute atomic E-state index is 15.6. The first-order valence-corrected chi connectivity index (χ1v) is 11.5. The molecule has 0 saturated carbocycles. The van der Waals surface area contributed by atoms with Gasteiger partial charge in [0, 0.05) is 35.9 Å². The molecule has 35 heavy (non-hydrogen) atoms. The number of ether oxygens (including phenoxy) is 1. The van der Waals surface area contributed by atoms with Gasteiger partial charge in [0.15, 0.2) is 5.67 Å². The summed E-state index contributed by atoms with van der Waals surface area (Å²) in [5.41, 5.74) is -3.85. The molecule has 1 aromatic heterocycles. The Morgan fingerprint density at radius 1 is 1.11 bits per heavy atom. The maximum Gasteiger partial charge on any atom is 0.490 e. The van der Waals surface area contributed by atoms with Crippen LogP contribution < -0.4 is 4.74 Å². The fourth-order valence-electron chi connectivity index (χ4n) is 4.19. The number of carboxylic acid groups (broad SMARTS) is 1. The minimum absolute atomic E-state index is 0.0663. The second-order valence-electron chi connectivity index (χ2n) is 8.45. The summed E-state index contributed by atoms with van der Waals surface area (Å²) in [6.07, 6.45) is -4.14. The number of halogens is 5. The van der Waals surface area contributed by atoms with Crippen molar-refractivity contribution in [2.75, 3.05) is 26.7 Å². The maximum atomic E-state index is 15.6. The van der Waals surface area contributed by atoms with E-state index in [1.807, 2.05) is 18.2 Å². The number of nitrogens with zero attached hydrogens (tertiary/aromatic N) is 2. The standard InChI is InChI=1S/C21H24F2N2O2S.C2HF3O2/c1-3-17-7-8-18(28-17)11-24-12-20(22)13-25(19(26)21(20,23)14-24)10-15-5-4-6-16(9-15)27-2;3-2(4,5)1(6)7/h4-9H,3,10-14H2,1-2H3;(H,6,7)/t20-,21+;/m0./s1. The average molecular weight is 521 g/mol. The molecule has 2 aromatic rings. The first-order valence-electron chi connectivity index (χ1n) is 10.7. The van der Waals surface area contributed by atoms with Crippen LogP contribution in [0.15, 0.2) is 36.4 Å². The molecule has 0 bridgehead atoms. The largest absolute Gasteiger partial charge is 0.497 e. The van der Waals surface area contributed by atoms with Crippen molar-refractivity contribution in [3.63, 3.8) is 0 Å². The quantitative estimate of drug-likeness (QED) is 0.578. The van der Waals surface area contributed by atoms with Gasteiger partial charge in [-0.05, 0) is 36.2 Å². The normalized spacial score (nSPS) is 24.2. The van der Waals surface area contributed by atoms with Gasteiger partial charge in [-0.25, -0.2) is 13.6 Å². The monoisotopic (exact) mass is 520 g/mol. The Morgan fingerprint density at radius 2 is 1.77 bits per heavy atom. The summed E-state index contributed by atoms with van der Waals surface area (Å²) in [5, 5.41) is 7.12. The van der Waals surface area contributed by atoms with Gasteiger partial charge in [0.05, 0.1) is 13.7 Å². The van der Waals surface area contributed by atoms with Crippen LogP contribution in [0.1, 0.15) is 22.2 Å². The van der Waals surface area contributed by atoms with Crippen molar-refractivity contribution < 1.29 is 41.4 Å². The lowest BCUT2D eigenvalue weighted by Crippen LogP contribution is -2.47. The number of hydrogen-bond donors (Lipinski definition) is 1. The molecular weight excluding hydrogens is 495 g/mol. The number of fused-ring (bicyclic) bond motifs is 1. The van der Waals surface area contributed by atoms with Crippen LogP contribution in [0.5, 0.6) is 5.75 Å². The van der Waals surface area contributed by atoms with E-state index in [0.717, 1.165) is 16.9 Å². The molecule has 0 spiro atoms. The van der Waals surface area contributed by atoms with Gasteiger partial charge >= 0.3 is 12.1 Å². The van der Waals surface area contributed by atoms with Crippen LogP contribution in [-0.4, -0.2) is 71.0 Å². The van der Waals surface area contributed by atoms with Gasteiger partial charge in [-0.3, -0.25) is 9.69 Å². The van der Waals surface area contributed by atoms with E-state index in [2.05, 4.69) is 6.92 Å². The molecule has 3 heterocycles. The smallest absolute Gasteiger partial charge is 0.490 e. The van der Waals surface area contributed by atoms with Crippen LogP contribution in [0.25, 0.3) is 0 Å². The molecule has 1 N–H and O–H groups in total. The van der Waals surface area contributed by atoms with E-state index in [0.29, 0.717) is 12.3 Å². The van der Waals surface area contributed by atoms with E-state index in [-0.39, 0.29) is 26.2 Å². The minimum atomic E-state index is -5.08.